The summed E-state index contributed by atoms with van der Waals surface area (Å²) < 4.78 is 6.01. The molecule has 0 saturated heterocycles. The van der Waals surface area contributed by atoms with Crippen LogP contribution in [0.4, 0.5) is 5.82 Å². The molecule has 1 aliphatic carbocycles. The van der Waals surface area contributed by atoms with Gasteiger partial charge in [-0.15, -0.1) is 0 Å². The van der Waals surface area contributed by atoms with Crippen molar-refractivity contribution in [2.75, 3.05) is 5.32 Å². The van der Waals surface area contributed by atoms with Crippen LogP contribution in [0.1, 0.15) is 29.2 Å². The number of hydrogen-bond acceptors (Lipinski definition) is 5. The van der Waals surface area contributed by atoms with E-state index in [0.29, 0.717) is 33.1 Å². The van der Waals surface area contributed by atoms with Gasteiger partial charge in [0.2, 0.25) is 5.71 Å². The van der Waals surface area contributed by atoms with Crippen molar-refractivity contribution in [2.45, 2.75) is 32.2 Å². The molecule has 5 nitrogen and oxygen atoms in total. The summed E-state index contributed by atoms with van der Waals surface area (Å²) in [4.78, 5) is 13.3. The zero-order chi connectivity index (χ0) is 18.7. The van der Waals surface area contributed by atoms with Crippen molar-refractivity contribution in [1.29, 1.82) is 0 Å². The number of hydrogen-bond donors (Lipinski definition) is 1. The highest BCUT2D eigenvalue weighted by molar-refractivity contribution is 6.42. The minimum absolute atomic E-state index is 0.268. The van der Waals surface area contributed by atoms with E-state index in [4.69, 9.17) is 27.6 Å². The number of aromatic nitrogens is 3. The Morgan fingerprint density at radius 3 is 2.78 bits per heavy atom. The molecule has 3 aromatic heterocycles. The van der Waals surface area contributed by atoms with E-state index in [9.17, 15) is 0 Å². The molecule has 1 N–H and O–H groups in total. The molecule has 0 spiro atoms. The van der Waals surface area contributed by atoms with Gasteiger partial charge >= 0.3 is 0 Å². The average molecular weight is 399 g/mol. The molecule has 7 heteroatoms. The van der Waals surface area contributed by atoms with Crippen LogP contribution < -0.4 is 5.32 Å². The molecule has 3 heterocycles. The molecule has 0 bridgehead atoms. The molecule has 5 rings (SSSR count). The van der Waals surface area contributed by atoms with Crippen molar-refractivity contribution < 1.29 is 4.42 Å². The molecule has 1 fully saturated rings. The lowest BCUT2D eigenvalue weighted by atomic mass is 10.1. The van der Waals surface area contributed by atoms with Crippen LogP contribution in [-0.2, 0) is 0 Å². The lowest BCUT2D eigenvalue weighted by molar-refractivity contribution is 0.650. The fourth-order valence-corrected chi connectivity index (χ4v) is 3.96. The van der Waals surface area contributed by atoms with E-state index in [2.05, 4.69) is 20.3 Å². The number of benzene rings is 1. The zero-order valence-electron chi connectivity index (χ0n) is 14.8. The van der Waals surface area contributed by atoms with Crippen molar-refractivity contribution in [2.24, 2.45) is 0 Å². The minimum atomic E-state index is 0.268. The smallest absolute Gasteiger partial charge is 0.229 e. The third-order valence-corrected chi connectivity index (χ3v) is 5.77. The molecule has 2 unspecified atom stereocenters. The highest BCUT2D eigenvalue weighted by Gasteiger charge is 2.39. The van der Waals surface area contributed by atoms with E-state index in [1.54, 1.807) is 6.33 Å². The number of aryl methyl sites for hydroxylation is 2. The second kappa shape index (κ2) is 6.08. The summed E-state index contributed by atoms with van der Waals surface area (Å²) >= 11 is 12.2. The molecular formula is C20H16Cl2N4O. The normalized spacial score (nSPS) is 19.0. The van der Waals surface area contributed by atoms with Crippen molar-refractivity contribution in [3.05, 3.63) is 57.5 Å². The maximum Gasteiger partial charge on any atom is 0.229 e. The summed E-state index contributed by atoms with van der Waals surface area (Å²) in [5.41, 5.74) is 5.23. The van der Waals surface area contributed by atoms with Crippen LogP contribution >= 0.6 is 23.2 Å². The zero-order valence-corrected chi connectivity index (χ0v) is 16.3. The van der Waals surface area contributed by atoms with Crippen LogP contribution in [0.2, 0.25) is 10.0 Å². The second-order valence-corrected chi connectivity index (χ2v) is 7.84. The van der Waals surface area contributed by atoms with E-state index < -0.39 is 0 Å². The third kappa shape index (κ3) is 2.82. The van der Waals surface area contributed by atoms with Crippen LogP contribution in [0.3, 0.4) is 0 Å². The van der Waals surface area contributed by atoms with E-state index >= 15 is 0 Å². The monoisotopic (exact) mass is 398 g/mol. The van der Waals surface area contributed by atoms with E-state index in [-0.39, 0.29) is 6.04 Å². The Morgan fingerprint density at radius 1 is 1.11 bits per heavy atom. The van der Waals surface area contributed by atoms with Crippen LogP contribution in [0, 0.1) is 13.8 Å². The first kappa shape index (κ1) is 16.8. The summed E-state index contributed by atoms with van der Waals surface area (Å²) in [6.45, 7) is 4.00. The van der Waals surface area contributed by atoms with Gasteiger partial charge in [0, 0.05) is 17.7 Å². The van der Waals surface area contributed by atoms with Gasteiger partial charge < -0.3 is 9.73 Å². The molecule has 1 aromatic carbocycles. The topological polar surface area (TPSA) is 63.8 Å². The number of fused-ring (bicyclic) bond motifs is 3. The summed E-state index contributed by atoms with van der Waals surface area (Å²) in [5.74, 6) is 1.07. The highest BCUT2D eigenvalue weighted by atomic mass is 35.5. The van der Waals surface area contributed by atoms with Crippen molar-refractivity contribution in [1.82, 2.24) is 15.0 Å². The number of nitrogens with zero attached hydrogens (tertiary/aromatic N) is 3. The van der Waals surface area contributed by atoms with Crippen LogP contribution in [-0.4, -0.2) is 21.0 Å². The Labute approximate surface area is 165 Å². The van der Waals surface area contributed by atoms with Gasteiger partial charge in [-0.1, -0.05) is 29.3 Å². The molecule has 2 atom stereocenters. The number of pyridine rings is 1. The molecule has 1 aliphatic rings. The van der Waals surface area contributed by atoms with Gasteiger partial charge in [0.25, 0.3) is 0 Å². The van der Waals surface area contributed by atoms with Gasteiger partial charge in [0.1, 0.15) is 11.8 Å². The molecule has 1 saturated carbocycles. The van der Waals surface area contributed by atoms with Crippen LogP contribution in [0.5, 0.6) is 0 Å². The van der Waals surface area contributed by atoms with Crippen molar-refractivity contribution in [3.63, 3.8) is 0 Å². The Hall–Kier alpha value is -2.37. The van der Waals surface area contributed by atoms with Gasteiger partial charge in [-0.25, -0.2) is 15.0 Å². The summed E-state index contributed by atoms with van der Waals surface area (Å²) in [5, 5.41) is 5.58. The predicted molar refractivity (Wildman–Crippen MR) is 108 cm³/mol. The maximum atomic E-state index is 6.15. The Bertz CT molecular complexity index is 1200. The molecule has 0 aliphatic heterocycles. The van der Waals surface area contributed by atoms with Crippen molar-refractivity contribution >= 4 is 51.2 Å². The Balaban J connectivity index is 1.49. The Kier molecular flexibility index (Phi) is 3.78. The summed E-state index contributed by atoms with van der Waals surface area (Å²) in [6, 6.07) is 8.10. The number of rotatable bonds is 3. The summed E-state index contributed by atoms with van der Waals surface area (Å²) in [7, 11) is 0. The number of anilines is 1. The lowest BCUT2D eigenvalue weighted by Gasteiger charge is -2.06. The van der Waals surface area contributed by atoms with Crippen LogP contribution in [0.15, 0.2) is 35.0 Å². The number of furan rings is 1. The van der Waals surface area contributed by atoms with Crippen LogP contribution in [0.25, 0.3) is 22.2 Å². The molecule has 4 aromatic rings. The molecule has 27 heavy (non-hydrogen) atoms. The quantitative estimate of drug-likeness (QED) is 0.481. The van der Waals surface area contributed by atoms with E-state index in [1.807, 2.05) is 38.1 Å². The third-order valence-electron chi connectivity index (χ3n) is 5.04. The minimum Gasteiger partial charge on any atom is -0.432 e. The SMILES string of the molecule is Cc1cc(C)c2c(n1)oc1c(NC3CC3c3ccc(Cl)c(Cl)c3)ncnc12. The summed E-state index contributed by atoms with van der Waals surface area (Å²) in [6.07, 6.45) is 2.57. The maximum absolute atomic E-state index is 6.15. The van der Waals surface area contributed by atoms with Gasteiger partial charge in [-0.3, -0.25) is 0 Å². The second-order valence-electron chi connectivity index (χ2n) is 7.03. The van der Waals surface area contributed by atoms with Crippen molar-refractivity contribution in [3.8, 4) is 0 Å². The first-order valence-electron chi connectivity index (χ1n) is 8.74. The fourth-order valence-electron chi connectivity index (χ4n) is 3.65. The van der Waals surface area contributed by atoms with Gasteiger partial charge in [-0.2, -0.15) is 0 Å². The molecule has 0 amide bonds. The molecule has 0 radical (unpaired) electrons. The van der Waals surface area contributed by atoms with E-state index in [0.717, 1.165) is 28.6 Å². The predicted octanol–water partition coefficient (Wildman–Crippen LogP) is 5.66. The molecular weight excluding hydrogens is 383 g/mol. The Morgan fingerprint density at radius 2 is 1.96 bits per heavy atom. The van der Waals surface area contributed by atoms with E-state index in [1.165, 1.54) is 5.56 Å². The molecule has 136 valence electrons. The first-order valence-corrected chi connectivity index (χ1v) is 9.50. The van der Waals surface area contributed by atoms with Gasteiger partial charge in [-0.05, 0) is 49.6 Å². The van der Waals surface area contributed by atoms with Gasteiger partial charge in [0.15, 0.2) is 11.4 Å². The number of halogens is 2. The first-order chi connectivity index (χ1) is 13.0. The standard InChI is InChI=1S/C20H16Cl2N4O/c1-9-5-10(2)25-20-16(9)17-18(27-20)19(24-8-23-17)26-15-7-12(15)11-3-4-13(21)14(22)6-11/h3-6,8,12,15H,7H2,1-2H3,(H,23,24,26). The number of nitrogens with one attached hydrogen (secondary N) is 1. The lowest BCUT2D eigenvalue weighted by Crippen LogP contribution is -2.06. The van der Waals surface area contributed by atoms with Gasteiger partial charge in [0.05, 0.1) is 15.4 Å². The fraction of sp³-hybridized carbons (Fsp3) is 0.250. The average Bonchev–Trinajstić information content (AvgIpc) is 3.27. The largest absolute Gasteiger partial charge is 0.432 e. The highest BCUT2D eigenvalue weighted by Crippen LogP contribution is 2.45.